The van der Waals surface area contributed by atoms with E-state index in [9.17, 15) is 0 Å². The lowest BCUT2D eigenvalue weighted by molar-refractivity contribution is 0.566. The number of rotatable bonds is 2. The zero-order valence-corrected chi connectivity index (χ0v) is 9.73. The van der Waals surface area contributed by atoms with Gasteiger partial charge in [0.15, 0.2) is 0 Å². The first-order valence-electron chi connectivity index (χ1n) is 5.32. The van der Waals surface area contributed by atoms with Crippen LogP contribution in [0.5, 0.6) is 0 Å². The lowest BCUT2D eigenvalue weighted by Gasteiger charge is -2.14. The highest BCUT2D eigenvalue weighted by Crippen LogP contribution is 2.37. The fourth-order valence-electron chi connectivity index (χ4n) is 1.95. The van der Waals surface area contributed by atoms with Gasteiger partial charge < -0.3 is 5.73 Å². The predicted octanol–water partition coefficient (Wildman–Crippen LogP) is 2.99. The van der Waals surface area contributed by atoms with Gasteiger partial charge in [0.2, 0.25) is 0 Å². The molecular weight excluding hydrogens is 192 g/mol. The van der Waals surface area contributed by atoms with Gasteiger partial charge in [0, 0.05) is 22.5 Å². The molecule has 0 aliphatic heterocycles. The zero-order valence-electron chi connectivity index (χ0n) is 8.92. The number of hydrogen-bond acceptors (Lipinski definition) is 3. The highest BCUT2D eigenvalue weighted by molar-refractivity contribution is 7.11. The number of aromatic nitrogens is 1. The van der Waals surface area contributed by atoms with Crippen molar-refractivity contribution in [3.05, 3.63) is 16.1 Å². The van der Waals surface area contributed by atoms with E-state index in [1.54, 1.807) is 11.3 Å². The molecule has 1 aromatic heterocycles. The van der Waals surface area contributed by atoms with Crippen LogP contribution < -0.4 is 5.73 Å². The molecule has 1 aliphatic carbocycles. The minimum absolute atomic E-state index is 0.228. The summed E-state index contributed by atoms with van der Waals surface area (Å²) in [6, 6.07) is 0. The molecule has 3 heteroatoms. The van der Waals surface area contributed by atoms with Crippen molar-refractivity contribution in [1.29, 1.82) is 0 Å². The van der Waals surface area contributed by atoms with Gasteiger partial charge in [-0.25, -0.2) is 4.98 Å². The molecule has 0 spiro atoms. The van der Waals surface area contributed by atoms with Crippen molar-refractivity contribution in [1.82, 2.24) is 4.98 Å². The summed E-state index contributed by atoms with van der Waals surface area (Å²) in [4.78, 5) is 5.71. The highest BCUT2D eigenvalue weighted by Gasteiger charge is 2.23. The van der Waals surface area contributed by atoms with Crippen LogP contribution in [0.4, 0.5) is 0 Å². The summed E-state index contributed by atoms with van der Waals surface area (Å²) in [7, 11) is 0. The Kier molecular flexibility index (Phi) is 2.62. The Morgan fingerprint density at radius 2 is 2.07 bits per heavy atom. The molecule has 1 saturated carbocycles. The largest absolute Gasteiger partial charge is 0.321 e. The first-order chi connectivity index (χ1) is 6.57. The minimum Gasteiger partial charge on any atom is -0.321 e. The van der Waals surface area contributed by atoms with E-state index in [-0.39, 0.29) is 5.54 Å². The van der Waals surface area contributed by atoms with E-state index >= 15 is 0 Å². The molecule has 0 bridgehead atoms. The Hall–Kier alpha value is -0.410. The summed E-state index contributed by atoms with van der Waals surface area (Å²) >= 11 is 1.80. The maximum atomic E-state index is 6.04. The van der Waals surface area contributed by atoms with Crippen molar-refractivity contribution < 1.29 is 0 Å². The molecule has 0 amide bonds. The van der Waals surface area contributed by atoms with E-state index in [0.29, 0.717) is 0 Å². The fourth-order valence-corrected chi connectivity index (χ4v) is 3.05. The molecule has 0 atom stereocenters. The third-order valence-electron chi connectivity index (χ3n) is 2.86. The molecule has 1 fully saturated rings. The first kappa shape index (κ1) is 10.1. The summed E-state index contributed by atoms with van der Waals surface area (Å²) in [5.74, 6) is 0.719. The molecule has 78 valence electrons. The fraction of sp³-hybridized carbons (Fsp3) is 0.727. The van der Waals surface area contributed by atoms with Gasteiger partial charge in [-0.15, -0.1) is 11.3 Å². The van der Waals surface area contributed by atoms with Gasteiger partial charge in [-0.3, -0.25) is 0 Å². The SMILES string of the molecule is CC(C)(N)c1cnc(C2CCCC2)s1. The molecule has 2 nitrogen and oxygen atoms in total. The summed E-state index contributed by atoms with van der Waals surface area (Å²) in [5, 5.41) is 1.30. The Labute approximate surface area is 89.5 Å². The van der Waals surface area contributed by atoms with Gasteiger partial charge in [-0.2, -0.15) is 0 Å². The van der Waals surface area contributed by atoms with E-state index in [1.165, 1.54) is 35.6 Å². The Morgan fingerprint density at radius 3 is 2.57 bits per heavy atom. The second kappa shape index (κ2) is 3.63. The van der Waals surface area contributed by atoms with Crippen LogP contribution in [-0.2, 0) is 5.54 Å². The van der Waals surface area contributed by atoms with Crippen LogP contribution in [0.3, 0.4) is 0 Å². The third-order valence-corrected chi connectivity index (χ3v) is 4.36. The van der Waals surface area contributed by atoms with Crippen molar-refractivity contribution >= 4 is 11.3 Å². The number of nitrogens with two attached hydrogens (primary N) is 1. The molecule has 0 saturated heterocycles. The second-order valence-corrected chi connectivity index (χ2v) is 5.83. The summed E-state index contributed by atoms with van der Waals surface area (Å²) in [6.45, 7) is 4.08. The first-order valence-corrected chi connectivity index (χ1v) is 6.14. The van der Waals surface area contributed by atoms with Gasteiger partial charge >= 0.3 is 0 Å². The topological polar surface area (TPSA) is 38.9 Å². The van der Waals surface area contributed by atoms with Crippen molar-refractivity contribution in [2.24, 2.45) is 5.73 Å². The quantitative estimate of drug-likeness (QED) is 0.815. The summed E-state index contributed by atoms with van der Waals surface area (Å²) in [6.07, 6.45) is 7.32. The smallest absolute Gasteiger partial charge is 0.0959 e. The van der Waals surface area contributed by atoms with Crippen molar-refractivity contribution in [2.75, 3.05) is 0 Å². The van der Waals surface area contributed by atoms with Crippen LogP contribution >= 0.6 is 11.3 Å². The van der Waals surface area contributed by atoms with Crippen molar-refractivity contribution in [3.8, 4) is 0 Å². The molecule has 1 aliphatic rings. The Morgan fingerprint density at radius 1 is 1.43 bits per heavy atom. The number of thiazole rings is 1. The Balaban J connectivity index is 2.17. The van der Waals surface area contributed by atoms with E-state index in [2.05, 4.69) is 4.98 Å². The van der Waals surface area contributed by atoms with Gasteiger partial charge in [0.1, 0.15) is 0 Å². The minimum atomic E-state index is -0.228. The van der Waals surface area contributed by atoms with Crippen LogP contribution in [0.25, 0.3) is 0 Å². The third kappa shape index (κ3) is 1.98. The molecule has 2 N–H and O–H groups in total. The van der Waals surface area contributed by atoms with Crippen LogP contribution in [0.15, 0.2) is 6.20 Å². The maximum absolute atomic E-state index is 6.04. The lowest BCUT2D eigenvalue weighted by Crippen LogP contribution is -2.27. The predicted molar refractivity (Wildman–Crippen MR) is 60.5 cm³/mol. The molecule has 0 radical (unpaired) electrons. The van der Waals surface area contributed by atoms with Crippen LogP contribution in [-0.4, -0.2) is 4.98 Å². The van der Waals surface area contributed by atoms with Crippen LogP contribution in [0.1, 0.15) is 55.3 Å². The molecule has 1 heterocycles. The molecule has 1 aromatic rings. The standard InChI is InChI=1S/C11H18N2S/c1-11(2,12)9-7-13-10(14-9)8-5-3-4-6-8/h7-8H,3-6,12H2,1-2H3. The van der Waals surface area contributed by atoms with Gasteiger partial charge in [0.05, 0.1) is 5.01 Å². The zero-order chi connectivity index (χ0) is 10.2. The summed E-state index contributed by atoms with van der Waals surface area (Å²) in [5.41, 5.74) is 5.81. The molecule has 0 unspecified atom stereocenters. The monoisotopic (exact) mass is 210 g/mol. The van der Waals surface area contributed by atoms with E-state index in [0.717, 1.165) is 5.92 Å². The van der Waals surface area contributed by atoms with Crippen LogP contribution in [0, 0.1) is 0 Å². The van der Waals surface area contributed by atoms with E-state index < -0.39 is 0 Å². The van der Waals surface area contributed by atoms with Gasteiger partial charge in [0.25, 0.3) is 0 Å². The van der Waals surface area contributed by atoms with E-state index in [4.69, 9.17) is 5.73 Å². The van der Waals surface area contributed by atoms with Crippen molar-refractivity contribution in [2.45, 2.75) is 51.0 Å². The normalized spacial score (nSPS) is 19.1. The second-order valence-electron chi connectivity index (χ2n) is 4.77. The van der Waals surface area contributed by atoms with Crippen LogP contribution in [0.2, 0.25) is 0 Å². The number of nitrogens with zero attached hydrogens (tertiary/aromatic N) is 1. The molecule has 14 heavy (non-hydrogen) atoms. The number of hydrogen-bond donors (Lipinski definition) is 1. The maximum Gasteiger partial charge on any atom is 0.0959 e. The average molecular weight is 210 g/mol. The molecule has 2 rings (SSSR count). The summed E-state index contributed by atoms with van der Waals surface area (Å²) < 4.78 is 0. The lowest BCUT2D eigenvalue weighted by atomic mass is 10.1. The highest BCUT2D eigenvalue weighted by atomic mass is 32.1. The molecule has 0 aromatic carbocycles. The van der Waals surface area contributed by atoms with Crippen molar-refractivity contribution in [3.63, 3.8) is 0 Å². The molecular formula is C11H18N2S. The van der Waals surface area contributed by atoms with Gasteiger partial charge in [-0.1, -0.05) is 12.8 Å². The average Bonchev–Trinajstić information content (AvgIpc) is 2.73. The van der Waals surface area contributed by atoms with E-state index in [1.807, 2.05) is 20.0 Å². The van der Waals surface area contributed by atoms with Gasteiger partial charge in [-0.05, 0) is 26.7 Å². The Bertz CT molecular complexity index is 305.